The summed E-state index contributed by atoms with van der Waals surface area (Å²) < 4.78 is 2.49. The maximum atomic E-state index is 2.49. The summed E-state index contributed by atoms with van der Waals surface area (Å²) in [4.78, 5) is 2.33. The minimum Gasteiger partial charge on any atom is -0.311 e. The highest BCUT2D eigenvalue weighted by Gasteiger charge is 2.25. The molecule has 7 aromatic carbocycles. The normalized spacial score (nSPS) is 12.0. The molecule has 0 amide bonds. The summed E-state index contributed by atoms with van der Waals surface area (Å²) in [7, 11) is 0. The third-order valence-electron chi connectivity index (χ3n) is 11.7. The number of benzene rings is 7. The van der Waals surface area contributed by atoms with E-state index in [4.69, 9.17) is 0 Å². The zero-order valence-corrected chi connectivity index (χ0v) is 32.5. The Balaban J connectivity index is 1.16. The zero-order chi connectivity index (χ0) is 37.5. The predicted octanol–water partition coefficient (Wildman–Crippen LogP) is 15.0. The van der Waals surface area contributed by atoms with Gasteiger partial charge in [-0.1, -0.05) is 151 Å². The summed E-state index contributed by atoms with van der Waals surface area (Å²) in [6.45, 7) is 13.9. The van der Waals surface area contributed by atoms with Crippen molar-refractivity contribution in [2.24, 2.45) is 0 Å². The van der Waals surface area contributed by atoms with Crippen LogP contribution in [0.3, 0.4) is 0 Å². The lowest BCUT2D eigenvalue weighted by Crippen LogP contribution is -2.19. The number of para-hydroxylation sites is 1. The zero-order valence-electron chi connectivity index (χ0n) is 32.5. The van der Waals surface area contributed by atoms with E-state index in [-0.39, 0.29) is 10.8 Å². The van der Waals surface area contributed by atoms with Crippen LogP contribution in [0.2, 0.25) is 0 Å². The van der Waals surface area contributed by atoms with Crippen molar-refractivity contribution in [1.29, 1.82) is 0 Å². The molecule has 0 unspecified atom stereocenters. The van der Waals surface area contributed by atoms with Gasteiger partial charge in [-0.05, 0) is 118 Å². The van der Waals surface area contributed by atoms with Gasteiger partial charge in [0.1, 0.15) is 0 Å². The second-order valence-corrected chi connectivity index (χ2v) is 16.0. The van der Waals surface area contributed by atoms with Crippen LogP contribution in [0.5, 0.6) is 0 Å². The van der Waals surface area contributed by atoms with Gasteiger partial charge in [0.05, 0.1) is 11.0 Å². The van der Waals surface area contributed by atoms with Crippen molar-refractivity contribution in [3.05, 3.63) is 181 Å². The van der Waals surface area contributed by atoms with Crippen LogP contribution in [-0.4, -0.2) is 4.57 Å². The highest BCUT2D eigenvalue weighted by atomic mass is 15.1. The van der Waals surface area contributed by atoms with Crippen molar-refractivity contribution in [3.63, 3.8) is 0 Å². The van der Waals surface area contributed by atoms with Crippen molar-refractivity contribution in [2.45, 2.75) is 65.2 Å². The molecule has 0 bridgehead atoms. The van der Waals surface area contributed by atoms with E-state index in [0.29, 0.717) is 0 Å². The Bertz CT molecular complexity index is 2510. The Morgan fingerprint density at radius 1 is 0.426 bits per heavy atom. The molecule has 8 aromatic rings. The Labute approximate surface area is 321 Å². The van der Waals surface area contributed by atoms with Crippen LogP contribution in [0.4, 0.5) is 17.1 Å². The van der Waals surface area contributed by atoms with Crippen LogP contribution in [0, 0.1) is 0 Å². The van der Waals surface area contributed by atoms with Crippen LogP contribution in [0.15, 0.2) is 170 Å². The number of rotatable bonds is 9. The number of hydrogen-bond acceptors (Lipinski definition) is 1. The fraction of sp³-hybridized carbons (Fsp3) is 0.192. The molecule has 8 rings (SSSR count). The summed E-state index contributed by atoms with van der Waals surface area (Å²) in [5.74, 6) is 0. The molecule has 2 nitrogen and oxygen atoms in total. The summed E-state index contributed by atoms with van der Waals surface area (Å²) in [6, 6.07) is 62.4. The molecule has 0 atom stereocenters. The number of anilines is 3. The van der Waals surface area contributed by atoms with E-state index in [2.05, 4.69) is 221 Å². The molecular formula is C52H50N2. The summed E-state index contributed by atoms with van der Waals surface area (Å²) in [5.41, 5.74) is 14.9. The largest absolute Gasteiger partial charge is 0.311 e. The van der Waals surface area contributed by atoms with Gasteiger partial charge in [0.15, 0.2) is 0 Å². The summed E-state index contributed by atoms with van der Waals surface area (Å²) in [5, 5.41) is 2.61. The average Bonchev–Trinajstić information content (AvgIpc) is 3.55. The fourth-order valence-corrected chi connectivity index (χ4v) is 7.86. The van der Waals surface area contributed by atoms with E-state index in [1.807, 2.05) is 0 Å². The third-order valence-corrected chi connectivity index (χ3v) is 11.7. The van der Waals surface area contributed by atoms with Gasteiger partial charge in [-0.3, -0.25) is 0 Å². The second kappa shape index (κ2) is 14.2. The Morgan fingerprint density at radius 3 is 1.31 bits per heavy atom. The minimum atomic E-state index is 0.0569. The van der Waals surface area contributed by atoms with Crippen LogP contribution in [0.1, 0.15) is 65.5 Å². The SMILES string of the molecule is CCC(C)(CC)c1ccc2c3ccc(C(C)(C)C)cc3n(-c3ccc(-c4ccc(N(c5ccccc5)c5ccc(-c6ccccc6)cc5)cc4)cc3)c2c1. The molecule has 1 aromatic heterocycles. The Morgan fingerprint density at radius 2 is 0.833 bits per heavy atom. The molecule has 0 spiro atoms. The average molecular weight is 703 g/mol. The predicted molar refractivity (Wildman–Crippen MR) is 233 cm³/mol. The molecule has 0 aliphatic heterocycles. The van der Waals surface area contributed by atoms with Crippen molar-refractivity contribution in [2.75, 3.05) is 4.90 Å². The lowest BCUT2D eigenvalue weighted by Gasteiger charge is -2.27. The lowest BCUT2D eigenvalue weighted by molar-refractivity contribution is 0.439. The topological polar surface area (TPSA) is 8.17 Å². The van der Waals surface area contributed by atoms with E-state index in [9.17, 15) is 0 Å². The summed E-state index contributed by atoms with van der Waals surface area (Å²) >= 11 is 0. The highest BCUT2D eigenvalue weighted by Crippen LogP contribution is 2.40. The van der Waals surface area contributed by atoms with E-state index in [1.165, 1.54) is 60.9 Å². The van der Waals surface area contributed by atoms with Crippen molar-refractivity contribution >= 4 is 38.9 Å². The van der Waals surface area contributed by atoms with Crippen LogP contribution in [-0.2, 0) is 10.8 Å². The number of nitrogens with zero attached hydrogens (tertiary/aromatic N) is 2. The van der Waals surface area contributed by atoms with Gasteiger partial charge in [-0.15, -0.1) is 0 Å². The van der Waals surface area contributed by atoms with E-state index >= 15 is 0 Å². The van der Waals surface area contributed by atoms with Crippen LogP contribution in [0.25, 0.3) is 49.7 Å². The Kier molecular flexibility index (Phi) is 9.24. The number of fused-ring (bicyclic) bond motifs is 3. The van der Waals surface area contributed by atoms with Gasteiger partial charge in [0, 0.05) is 33.5 Å². The quantitative estimate of drug-likeness (QED) is 0.145. The standard InChI is InChI=1S/C52H50N2/c1-7-52(6,8-2)42-26-34-48-47-33-25-41(51(3,4)5)35-49(47)54(50(48)36-42)46-31-23-40(24-32-46)39-21-29-45(30-22-39)53(43-17-13-10-14-18-43)44-27-19-38(20-28-44)37-15-11-9-12-16-37/h9-36H,7-8H2,1-6H3. The molecule has 0 radical (unpaired) electrons. The number of aromatic nitrogens is 1. The molecule has 1 heterocycles. The third kappa shape index (κ3) is 6.51. The molecule has 0 fully saturated rings. The van der Waals surface area contributed by atoms with Crippen molar-refractivity contribution < 1.29 is 0 Å². The first kappa shape index (κ1) is 35.2. The van der Waals surface area contributed by atoms with Crippen molar-refractivity contribution in [1.82, 2.24) is 4.57 Å². The lowest BCUT2D eigenvalue weighted by atomic mass is 9.77. The minimum absolute atomic E-state index is 0.0569. The first-order valence-electron chi connectivity index (χ1n) is 19.5. The molecule has 0 N–H and O–H groups in total. The van der Waals surface area contributed by atoms with Gasteiger partial charge < -0.3 is 9.47 Å². The van der Waals surface area contributed by atoms with Crippen LogP contribution < -0.4 is 4.90 Å². The smallest absolute Gasteiger partial charge is 0.0544 e. The van der Waals surface area contributed by atoms with Gasteiger partial charge in [-0.25, -0.2) is 0 Å². The van der Waals surface area contributed by atoms with E-state index < -0.39 is 0 Å². The monoisotopic (exact) mass is 702 g/mol. The molecule has 0 saturated carbocycles. The molecule has 268 valence electrons. The molecular weight excluding hydrogens is 653 g/mol. The maximum Gasteiger partial charge on any atom is 0.0544 e. The van der Waals surface area contributed by atoms with Gasteiger partial charge in [-0.2, -0.15) is 0 Å². The first-order valence-corrected chi connectivity index (χ1v) is 19.5. The fourth-order valence-electron chi connectivity index (χ4n) is 7.86. The molecule has 0 aliphatic rings. The molecule has 0 saturated heterocycles. The maximum absolute atomic E-state index is 2.49. The molecule has 0 aliphatic carbocycles. The van der Waals surface area contributed by atoms with E-state index in [1.54, 1.807) is 0 Å². The van der Waals surface area contributed by atoms with Crippen LogP contribution >= 0.6 is 0 Å². The molecule has 54 heavy (non-hydrogen) atoms. The van der Waals surface area contributed by atoms with Gasteiger partial charge in [0.25, 0.3) is 0 Å². The number of hydrogen-bond donors (Lipinski definition) is 0. The first-order chi connectivity index (χ1) is 26.2. The van der Waals surface area contributed by atoms with Gasteiger partial charge >= 0.3 is 0 Å². The Hall–Kier alpha value is -5.86. The second-order valence-electron chi connectivity index (χ2n) is 16.0. The summed E-state index contributed by atoms with van der Waals surface area (Å²) in [6.07, 6.45) is 2.22. The van der Waals surface area contributed by atoms with E-state index in [0.717, 1.165) is 29.9 Å². The van der Waals surface area contributed by atoms with Gasteiger partial charge in [0.2, 0.25) is 0 Å². The molecule has 2 heteroatoms. The van der Waals surface area contributed by atoms with Crippen molar-refractivity contribution in [3.8, 4) is 27.9 Å². The highest BCUT2D eigenvalue weighted by molar-refractivity contribution is 6.09.